The first-order valence-corrected chi connectivity index (χ1v) is 7.03. The molecule has 1 aromatic rings. The van der Waals surface area contributed by atoms with Gasteiger partial charge in [0.25, 0.3) is 0 Å². The van der Waals surface area contributed by atoms with E-state index in [1.165, 1.54) is 0 Å². The molecular weight excluding hydrogens is 246 g/mol. The lowest BCUT2D eigenvalue weighted by Gasteiger charge is -2.39. The molecule has 1 aromatic carbocycles. The quantitative estimate of drug-likeness (QED) is 0.908. The van der Waals surface area contributed by atoms with Gasteiger partial charge < -0.3 is 10.6 Å². The standard InChI is InChI=1S/C14H22ClN3/c1-12(6-7-16)17-8-10-18(11-9-17)14-5-3-2-4-13(14)15/h2-5,12H,6-11,16H2,1H3. The minimum Gasteiger partial charge on any atom is -0.368 e. The first kappa shape index (κ1) is 13.7. The molecule has 1 aliphatic rings. The molecule has 18 heavy (non-hydrogen) atoms. The van der Waals surface area contributed by atoms with Crippen LogP contribution in [0.25, 0.3) is 0 Å². The van der Waals surface area contributed by atoms with Crippen molar-refractivity contribution in [2.24, 2.45) is 5.73 Å². The third kappa shape index (κ3) is 3.16. The number of nitrogens with zero attached hydrogens (tertiary/aromatic N) is 2. The number of para-hydroxylation sites is 1. The summed E-state index contributed by atoms with van der Waals surface area (Å²) in [5, 5.41) is 0.848. The summed E-state index contributed by atoms with van der Waals surface area (Å²) in [5.41, 5.74) is 6.78. The summed E-state index contributed by atoms with van der Waals surface area (Å²) in [6.07, 6.45) is 1.08. The molecule has 0 aromatic heterocycles. The van der Waals surface area contributed by atoms with Gasteiger partial charge in [0, 0.05) is 32.2 Å². The Kier molecular flexibility index (Phi) is 4.87. The number of halogens is 1. The van der Waals surface area contributed by atoms with Crippen molar-refractivity contribution in [3.8, 4) is 0 Å². The smallest absolute Gasteiger partial charge is 0.0639 e. The molecule has 4 heteroatoms. The average molecular weight is 268 g/mol. The lowest BCUT2D eigenvalue weighted by atomic mass is 10.1. The second-order valence-corrected chi connectivity index (χ2v) is 5.31. The van der Waals surface area contributed by atoms with Crippen molar-refractivity contribution in [3.05, 3.63) is 29.3 Å². The van der Waals surface area contributed by atoms with Crippen molar-refractivity contribution in [1.82, 2.24) is 4.90 Å². The number of anilines is 1. The summed E-state index contributed by atoms with van der Waals surface area (Å²) >= 11 is 6.23. The number of piperazine rings is 1. The average Bonchev–Trinajstić information content (AvgIpc) is 2.40. The van der Waals surface area contributed by atoms with Gasteiger partial charge in [0.15, 0.2) is 0 Å². The van der Waals surface area contributed by atoms with Gasteiger partial charge >= 0.3 is 0 Å². The lowest BCUT2D eigenvalue weighted by molar-refractivity contribution is 0.190. The van der Waals surface area contributed by atoms with E-state index in [4.69, 9.17) is 17.3 Å². The Hall–Kier alpha value is -0.770. The molecule has 2 N–H and O–H groups in total. The van der Waals surface area contributed by atoms with Crippen molar-refractivity contribution in [2.45, 2.75) is 19.4 Å². The molecule has 0 radical (unpaired) electrons. The molecule has 1 unspecified atom stereocenters. The van der Waals surface area contributed by atoms with E-state index in [2.05, 4.69) is 22.8 Å². The molecule has 2 rings (SSSR count). The van der Waals surface area contributed by atoms with Crippen LogP contribution in [0, 0.1) is 0 Å². The SMILES string of the molecule is CC(CCN)N1CCN(c2ccccc2Cl)CC1. The largest absolute Gasteiger partial charge is 0.368 e. The molecule has 1 aliphatic heterocycles. The van der Waals surface area contributed by atoms with E-state index < -0.39 is 0 Å². The van der Waals surface area contributed by atoms with Gasteiger partial charge in [0.2, 0.25) is 0 Å². The van der Waals surface area contributed by atoms with Crippen LogP contribution in [0.2, 0.25) is 5.02 Å². The zero-order chi connectivity index (χ0) is 13.0. The first-order valence-electron chi connectivity index (χ1n) is 6.66. The molecule has 0 spiro atoms. The maximum Gasteiger partial charge on any atom is 0.0639 e. The van der Waals surface area contributed by atoms with Crippen molar-refractivity contribution in [1.29, 1.82) is 0 Å². The third-order valence-corrected chi connectivity index (χ3v) is 4.03. The van der Waals surface area contributed by atoms with Gasteiger partial charge in [-0.05, 0) is 32.0 Å². The fourth-order valence-electron chi connectivity index (χ4n) is 2.54. The Labute approximate surface area is 115 Å². The highest BCUT2D eigenvalue weighted by molar-refractivity contribution is 6.33. The summed E-state index contributed by atoms with van der Waals surface area (Å²) in [5.74, 6) is 0. The van der Waals surface area contributed by atoms with Gasteiger partial charge in [-0.2, -0.15) is 0 Å². The molecule has 1 heterocycles. The highest BCUT2D eigenvalue weighted by Crippen LogP contribution is 2.26. The van der Waals surface area contributed by atoms with Crippen LogP contribution < -0.4 is 10.6 Å². The Bertz CT molecular complexity index is 375. The minimum atomic E-state index is 0.586. The van der Waals surface area contributed by atoms with E-state index in [1.54, 1.807) is 0 Å². The van der Waals surface area contributed by atoms with Gasteiger partial charge in [-0.25, -0.2) is 0 Å². The minimum absolute atomic E-state index is 0.586. The maximum absolute atomic E-state index is 6.23. The van der Waals surface area contributed by atoms with Crippen LogP contribution in [0.5, 0.6) is 0 Å². The molecule has 3 nitrogen and oxygen atoms in total. The van der Waals surface area contributed by atoms with E-state index in [-0.39, 0.29) is 0 Å². The van der Waals surface area contributed by atoms with Crippen molar-refractivity contribution < 1.29 is 0 Å². The number of hydrogen-bond donors (Lipinski definition) is 1. The molecule has 100 valence electrons. The highest BCUT2D eigenvalue weighted by atomic mass is 35.5. The fraction of sp³-hybridized carbons (Fsp3) is 0.571. The van der Waals surface area contributed by atoms with Crippen molar-refractivity contribution in [3.63, 3.8) is 0 Å². The van der Waals surface area contributed by atoms with Crippen LogP contribution in [-0.4, -0.2) is 43.7 Å². The van der Waals surface area contributed by atoms with Crippen LogP contribution in [0.4, 0.5) is 5.69 Å². The zero-order valence-electron chi connectivity index (χ0n) is 11.0. The number of benzene rings is 1. The third-order valence-electron chi connectivity index (χ3n) is 3.72. The summed E-state index contributed by atoms with van der Waals surface area (Å²) in [6, 6.07) is 8.67. The predicted octanol–water partition coefficient (Wildman–Crippen LogP) is 2.20. The Morgan fingerprint density at radius 1 is 1.22 bits per heavy atom. The summed E-state index contributed by atoms with van der Waals surface area (Å²) in [7, 11) is 0. The molecule has 1 atom stereocenters. The monoisotopic (exact) mass is 267 g/mol. The van der Waals surface area contributed by atoms with Gasteiger partial charge in [-0.15, -0.1) is 0 Å². The van der Waals surface area contributed by atoms with Crippen LogP contribution in [0.15, 0.2) is 24.3 Å². The number of rotatable bonds is 4. The second-order valence-electron chi connectivity index (χ2n) is 4.90. The molecular formula is C14H22ClN3. The first-order chi connectivity index (χ1) is 8.72. The van der Waals surface area contributed by atoms with E-state index >= 15 is 0 Å². The second kappa shape index (κ2) is 6.41. The van der Waals surface area contributed by atoms with E-state index in [1.807, 2.05) is 18.2 Å². The summed E-state index contributed by atoms with van der Waals surface area (Å²) in [6.45, 7) is 7.29. The van der Waals surface area contributed by atoms with E-state index in [0.717, 1.165) is 49.9 Å². The highest BCUT2D eigenvalue weighted by Gasteiger charge is 2.21. The van der Waals surface area contributed by atoms with Crippen molar-refractivity contribution >= 4 is 17.3 Å². The molecule has 0 saturated carbocycles. The zero-order valence-corrected chi connectivity index (χ0v) is 11.7. The van der Waals surface area contributed by atoms with Crippen LogP contribution in [0.3, 0.4) is 0 Å². The molecule has 0 bridgehead atoms. The summed E-state index contributed by atoms with van der Waals surface area (Å²) in [4.78, 5) is 4.88. The van der Waals surface area contributed by atoms with Crippen LogP contribution in [0.1, 0.15) is 13.3 Å². The van der Waals surface area contributed by atoms with Crippen LogP contribution >= 0.6 is 11.6 Å². The Morgan fingerprint density at radius 2 is 1.89 bits per heavy atom. The van der Waals surface area contributed by atoms with E-state index in [9.17, 15) is 0 Å². The molecule has 1 fully saturated rings. The van der Waals surface area contributed by atoms with Gasteiger partial charge in [-0.1, -0.05) is 23.7 Å². The fourth-order valence-corrected chi connectivity index (χ4v) is 2.79. The maximum atomic E-state index is 6.23. The normalized spacial score (nSPS) is 18.9. The van der Waals surface area contributed by atoms with Gasteiger partial charge in [0.05, 0.1) is 10.7 Å². The predicted molar refractivity (Wildman–Crippen MR) is 78.4 cm³/mol. The van der Waals surface area contributed by atoms with Gasteiger partial charge in [-0.3, -0.25) is 4.90 Å². The number of hydrogen-bond acceptors (Lipinski definition) is 3. The van der Waals surface area contributed by atoms with Gasteiger partial charge in [0.1, 0.15) is 0 Å². The number of nitrogens with two attached hydrogens (primary N) is 1. The van der Waals surface area contributed by atoms with E-state index in [0.29, 0.717) is 6.04 Å². The lowest BCUT2D eigenvalue weighted by Crippen LogP contribution is -2.50. The molecule has 1 saturated heterocycles. The van der Waals surface area contributed by atoms with Crippen molar-refractivity contribution in [2.75, 3.05) is 37.6 Å². The summed E-state index contributed by atoms with van der Waals surface area (Å²) < 4.78 is 0. The topological polar surface area (TPSA) is 32.5 Å². The Morgan fingerprint density at radius 3 is 2.50 bits per heavy atom. The molecule has 0 amide bonds. The van der Waals surface area contributed by atoms with Crippen LogP contribution in [-0.2, 0) is 0 Å². The molecule has 0 aliphatic carbocycles. The Balaban J connectivity index is 1.93.